The second-order valence-electron chi connectivity index (χ2n) is 4.62. The molecule has 1 N–H and O–H groups in total. The maximum Gasteiger partial charge on any atom is 0.271 e. The number of aromatic hydroxyl groups is 1. The van der Waals surface area contributed by atoms with Gasteiger partial charge >= 0.3 is 0 Å². The van der Waals surface area contributed by atoms with Crippen molar-refractivity contribution in [3.63, 3.8) is 0 Å². The number of phenolic OH excluding ortho intramolecular Hbond substituents is 1. The quantitative estimate of drug-likeness (QED) is 0.732. The number of pyridine rings is 1. The van der Waals surface area contributed by atoms with Crippen molar-refractivity contribution in [1.82, 2.24) is 4.98 Å². The molecular formula is C16H11NO3. The molecular weight excluding hydrogens is 254 g/mol. The number of hydrogen-bond acceptors (Lipinski definition) is 4. The van der Waals surface area contributed by atoms with Crippen LogP contribution in [-0.2, 0) is 0 Å². The topological polar surface area (TPSA) is 51.6 Å². The molecule has 20 heavy (non-hydrogen) atoms. The van der Waals surface area contributed by atoms with Crippen LogP contribution in [0.2, 0.25) is 0 Å². The summed E-state index contributed by atoms with van der Waals surface area (Å²) in [4.78, 5) is 4.29. The zero-order valence-electron chi connectivity index (χ0n) is 10.5. The van der Waals surface area contributed by atoms with E-state index in [0.717, 1.165) is 10.9 Å². The highest BCUT2D eigenvalue weighted by Gasteiger charge is 2.28. The molecule has 0 spiro atoms. The smallest absolute Gasteiger partial charge is 0.271 e. The van der Waals surface area contributed by atoms with Gasteiger partial charge in [-0.2, -0.15) is 0 Å². The Morgan fingerprint density at radius 2 is 1.75 bits per heavy atom. The highest BCUT2D eigenvalue weighted by Crippen LogP contribution is 2.43. The van der Waals surface area contributed by atoms with Crippen molar-refractivity contribution in [3.8, 4) is 17.2 Å². The maximum atomic E-state index is 9.87. The fourth-order valence-electron chi connectivity index (χ4n) is 2.33. The van der Waals surface area contributed by atoms with Gasteiger partial charge in [-0.1, -0.05) is 18.2 Å². The number of hydrogen-bond donors (Lipinski definition) is 1. The van der Waals surface area contributed by atoms with Crippen molar-refractivity contribution >= 4 is 10.9 Å². The molecule has 2 heterocycles. The first-order chi connectivity index (χ1) is 9.81. The van der Waals surface area contributed by atoms with E-state index in [1.54, 1.807) is 24.4 Å². The zero-order valence-corrected chi connectivity index (χ0v) is 10.5. The van der Waals surface area contributed by atoms with Gasteiger partial charge in [-0.3, -0.25) is 4.98 Å². The molecule has 1 unspecified atom stereocenters. The molecule has 0 amide bonds. The molecule has 0 bridgehead atoms. The number of fused-ring (bicyclic) bond motifs is 2. The summed E-state index contributed by atoms with van der Waals surface area (Å²) < 4.78 is 11.5. The molecule has 1 atom stereocenters. The summed E-state index contributed by atoms with van der Waals surface area (Å²) >= 11 is 0. The molecule has 0 radical (unpaired) electrons. The Bertz CT molecular complexity index is 756. The lowest BCUT2D eigenvalue weighted by Crippen LogP contribution is -2.07. The molecule has 0 saturated carbocycles. The van der Waals surface area contributed by atoms with Crippen LogP contribution < -0.4 is 9.47 Å². The van der Waals surface area contributed by atoms with E-state index in [4.69, 9.17) is 9.47 Å². The SMILES string of the molecule is Oc1ccccc1C1Oc2cc3cccnc3cc2O1. The first-order valence-corrected chi connectivity index (χ1v) is 6.31. The third-order valence-corrected chi connectivity index (χ3v) is 3.33. The van der Waals surface area contributed by atoms with E-state index >= 15 is 0 Å². The van der Waals surface area contributed by atoms with Gasteiger partial charge in [0.2, 0.25) is 0 Å². The minimum absolute atomic E-state index is 0.160. The van der Waals surface area contributed by atoms with Crippen LogP contribution in [0.3, 0.4) is 0 Å². The number of aromatic nitrogens is 1. The second kappa shape index (κ2) is 4.13. The zero-order chi connectivity index (χ0) is 13.5. The van der Waals surface area contributed by atoms with Crippen molar-refractivity contribution in [2.75, 3.05) is 0 Å². The molecule has 4 heteroatoms. The molecule has 0 aliphatic carbocycles. The lowest BCUT2D eigenvalue weighted by molar-refractivity contribution is 0.0466. The minimum Gasteiger partial charge on any atom is -0.507 e. The molecule has 4 rings (SSSR count). The van der Waals surface area contributed by atoms with Crippen molar-refractivity contribution < 1.29 is 14.6 Å². The minimum atomic E-state index is -0.622. The van der Waals surface area contributed by atoms with Crippen molar-refractivity contribution in [2.45, 2.75) is 6.29 Å². The van der Waals surface area contributed by atoms with Crippen molar-refractivity contribution in [1.29, 1.82) is 0 Å². The van der Waals surface area contributed by atoms with Crippen LogP contribution >= 0.6 is 0 Å². The first-order valence-electron chi connectivity index (χ1n) is 6.31. The standard InChI is InChI=1S/C16H11NO3/c18-13-6-2-1-5-11(13)16-19-14-8-10-4-3-7-17-12(10)9-15(14)20-16/h1-9,16,18H. The monoisotopic (exact) mass is 265 g/mol. The van der Waals surface area contributed by atoms with Gasteiger partial charge in [0, 0.05) is 17.6 Å². The molecule has 1 aromatic heterocycles. The van der Waals surface area contributed by atoms with E-state index in [2.05, 4.69) is 4.98 Å². The summed E-state index contributed by atoms with van der Waals surface area (Å²) in [6, 6.07) is 14.6. The molecule has 3 aromatic rings. The van der Waals surface area contributed by atoms with Crippen LogP contribution in [0, 0.1) is 0 Å². The average molecular weight is 265 g/mol. The first kappa shape index (κ1) is 11.1. The van der Waals surface area contributed by atoms with E-state index < -0.39 is 6.29 Å². The molecule has 1 aliphatic heterocycles. The number of benzene rings is 2. The third kappa shape index (κ3) is 1.66. The van der Waals surface area contributed by atoms with Gasteiger partial charge < -0.3 is 14.6 Å². The summed E-state index contributed by atoms with van der Waals surface area (Å²) in [6.45, 7) is 0. The number of ether oxygens (including phenoxy) is 2. The van der Waals surface area contributed by atoms with Crippen molar-refractivity contribution in [3.05, 3.63) is 60.3 Å². The highest BCUT2D eigenvalue weighted by molar-refractivity contribution is 5.82. The van der Waals surface area contributed by atoms with Crippen LogP contribution in [0.25, 0.3) is 10.9 Å². The molecule has 0 saturated heterocycles. The predicted molar refractivity (Wildman–Crippen MR) is 73.8 cm³/mol. The molecule has 2 aromatic carbocycles. The van der Waals surface area contributed by atoms with Crippen molar-refractivity contribution in [2.24, 2.45) is 0 Å². The lowest BCUT2D eigenvalue weighted by atomic mass is 10.2. The second-order valence-corrected chi connectivity index (χ2v) is 4.62. The van der Waals surface area contributed by atoms with E-state index in [0.29, 0.717) is 17.1 Å². The summed E-state index contributed by atoms with van der Waals surface area (Å²) in [5, 5.41) is 10.9. The molecule has 0 fully saturated rings. The predicted octanol–water partition coefficient (Wildman–Crippen LogP) is 3.41. The number of phenols is 1. The van der Waals surface area contributed by atoms with Crippen LogP contribution in [0.15, 0.2) is 54.7 Å². The van der Waals surface area contributed by atoms with E-state index in [1.165, 1.54) is 0 Å². The van der Waals surface area contributed by atoms with Gasteiger partial charge in [-0.05, 0) is 24.3 Å². The van der Waals surface area contributed by atoms with Crippen LogP contribution in [-0.4, -0.2) is 10.1 Å². The lowest BCUT2D eigenvalue weighted by Gasteiger charge is -2.11. The normalized spacial score (nSPS) is 16.5. The Kier molecular flexibility index (Phi) is 2.29. The van der Waals surface area contributed by atoms with Gasteiger partial charge in [-0.15, -0.1) is 0 Å². The Morgan fingerprint density at radius 3 is 2.60 bits per heavy atom. The van der Waals surface area contributed by atoms with Crippen LogP contribution in [0.1, 0.15) is 11.9 Å². The number of para-hydroxylation sites is 1. The summed E-state index contributed by atoms with van der Waals surface area (Å²) in [7, 11) is 0. The van der Waals surface area contributed by atoms with Gasteiger partial charge in [0.15, 0.2) is 11.5 Å². The summed E-state index contributed by atoms with van der Waals surface area (Å²) in [5.41, 5.74) is 1.47. The number of rotatable bonds is 1. The fourth-order valence-corrected chi connectivity index (χ4v) is 2.33. The van der Waals surface area contributed by atoms with Gasteiger partial charge in [0.1, 0.15) is 5.75 Å². The van der Waals surface area contributed by atoms with Gasteiger partial charge in [-0.25, -0.2) is 0 Å². The average Bonchev–Trinajstić information content (AvgIpc) is 2.87. The molecule has 4 nitrogen and oxygen atoms in total. The van der Waals surface area contributed by atoms with Gasteiger partial charge in [0.05, 0.1) is 11.1 Å². The highest BCUT2D eigenvalue weighted by atomic mass is 16.7. The maximum absolute atomic E-state index is 9.87. The Balaban J connectivity index is 1.77. The summed E-state index contributed by atoms with van der Waals surface area (Å²) in [6.07, 6.45) is 1.12. The summed E-state index contributed by atoms with van der Waals surface area (Å²) in [5.74, 6) is 1.47. The van der Waals surface area contributed by atoms with Gasteiger partial charge in [0.25, 0.3) is 6.29 Å². The Labute approximate surface area is 115 Å². The third-order valence-electron chi connectivity index (χ3n) is 3.33. The largest absolute Gasteiger partial charge is 0.507 e. The van der Waals surface area contributed by atoms with E-state index in [-0.39, 0.29) is 5.75 Å². The van der Waals surface area contributed by atoms with E-state index in [9.17, 15) is 5.11 Å². The Hall–Kier alpha value is -2.75. The van der Waals surface area contributed by atoms with Crippen LogP contribution in [0.5, 0.6) is 17.2 Å². The molecule has 98 valence electrons. The molecule has 1 aliphatic rings. The Morgan fingerprint density at radius 1 is 0.950 bits per heavy atom. The van der Waals surface area contributed by atoms with Crippen LogP contribution in [0.4, 0.5) is 0 Å². The fraction of sp³-hybridized carbons (Fsp3) is 0.0625. The van der Waals surface area contributed by atoms with E-state index in [1.807, 2.05) is 30.3 Å². The number of nitrogens with zero attached hydrogens (tertiary/aromatic N) is 1.